The fourth-order valence-electron chi connectivity index (χ4n) is 3.57. The van der Waals surface area contributed by atoms with Gasteiger partial charge in [0.25, 0.3) is 5.91 Å². The number of aromatic carboxylic acids is 1. The minimum atomic E-state index is -1.16. The zero-order chi connectivity index (χ0) is 21.3. The molecule has 1 aliphatic rings. The molecule has 6 nitrogen and oxygen atoms in total. The number of Topliss-reactive ketones (excluding diaryl/α,β-unsaturated/α-hetero) is 1. The number of carbonyl (C=O) groups excluding carboxylic acids is 2. The van der Waals surface area contributed by atoms with E-state index in [2.05, 4.69) is 0 Å². The third-order valence-electron chi connectivity index (χ3n) is 4.96. The number of anilines is 1. The smallest absolute Gasteiger partial charge is 0.335 e. The lowest BCUT2D eigenvalue weighted by Crippen LogP contribution is -2.29. The Morgan fingerprint density at radius 2 is 1.43 bits per heavy atom. The van der Waals surface area contributed by atoms with Crippen LogP contribution in [0.1, 0.15) is 27.5 Å². The first-order chi connectivity index (χ1) is 14.5. The van der Waals surface area contributed by atoms with Crippen molar-refractivity contribution in [2.75, 3.05) is 4.90 Å². The molecule has 3 aromatic carbocycles. The lowest BCUT2D eigenvalue weighted by molar-refractivity contribution is -0.245. The summed E-state index contributed by atoms with van der Waals surface area (Å²) in [5.41, 5.74) is 0.936. The number of rotatable bonds is 4. The van der Waals surface area contributed by atoms with Crippen molar-refractivity contribution in [2.45, 2.75) is 6.04 Å². The monoisotopic (exact) mass is 398 g/mol. The molecule has 1 N–H and O–H groups in total. The molecule has 1 atom stereocenters. The first-order valence-corrected chi connectivity index (χ1v) is 9.22. The second kappa shape index (κ2) is 7.67. The van der Waals surface area contributed by atoms with Crippen LogP contribution in [0, 0.1) is 0 Å². The molecule has 1 fully saturated rings. The fraction of sp³-hybridized carbons (Fsp3) is 0.0417. The highest BCUT2D eigenvalue weighted by Gasteiger charge is 2.45. The summed E-state index contributed by atoms with van der Waals surface area (Å²) in [6, 6.07) is 21.8. The molecular formula is C24H16NO5-. The van der Waals surface area contributed by atoms with Crippen LogP contribution in [0.15, 0.2) is 90.5 Å². The predicted molar refractivity (Wildman–Crippen MR) is 108 cm³/mol. The zero-order valence-corrected chi connectivity index (χ0v) is 15.7. The molecule has 30 heavy (non-hydrogen) atoms. The molecule has 0 unspecified atom stereocenters. The summed E-state index contributed by atoms with van der Waals surface area (Å²) in [6.45, 7) is 0. The van der Waals surface area contributed by atoms with Crippen LogP contribution >= 0.6 is 0 Å². The minimum Gasteiger partial charge on any atom is -0.872 e. The van der Waals surface area contributed by atoms with Crippen molar-refractivity contribution >= 4 is 29.1 Å². The zero-order valence-electron chi connectivity index (χ0n) is 15.7. The number of carbonyl (C=O) groups is 3. The second-order valence-corrected chi connectivity index (χ2v) is 6.78. The Balaban J connectivity index is 1.95. The van der Waals surface area contributed by atoms with Crippen LogP contribution in [0.4, 0.5) is 5.69 Å². The van der Waals surface area contributed by atoms with Gasteiger partial charge in [-0.05, 0) is 29.3 Å². The maximum atomic E-state index is 13.2. The van der Waals surface area contributed by atoms with Crippen LogP contribution in [0.5, 0.6) is 0 Å². The van der Waals surface area contributed by atoms with E-state index in [4.69, 9.17) is 0 Å². The highest BCUT2D eigenvalue weighted by Crippen LogP contribution is 2.41. The molecule has 0 radical (unpaired) electrons. The molecular weight excluding hydrogens is 382 g/mol. The number of amides is 1. The van der Waals surface area contributed by atoms with Crippen molar-refractivity contribution in [1.29, 1.82) is 0 Å². The molecule has 6 heteroatoms. The minimum absolute atomic E-state index is 0.0256. The fourth-order valence-corrected chi connectivity index (χ4v) is 3.57. The van der Waals surface area contributed by atoms with Gasteiger partial charge in [0.2, 0.25) is 5.78 Å². The van der Waals surface area contributed by atoms with Gasteiger partial charge in [0.05, 0.1) is 11.6 Å². The summed E-state index contributed by atoms with van der Waals surface area (Å²) < 4.78 is 0. The summed E-state index contributed by atoms with van der Waals surface area (Å²) in [7, 11) is 0. The van der Waals surface area contributed by atoms with Crippen molar-refractivity contribution in [3.05, 3.63) is 107 Å². The number of benzene rings is 3. The summed E-state index contributed by atoms with van der Waals surface area (Å²) in [4.78, 5) is 38.5. The van der Waals surface area contributed by atoms with Crippen LogP contribution < -0.4 is 10.0 Å². The summed E-state index contributed by atoms with van der Waals surface area (Å²) in [6.07, 6.45) is 0. The van der Waals surface area contributed by atoms with Crippen LogP contribution in [0.2, 0.25) is 0 Å². The predicted octanol–water partition coefficient (Wildman–Crippen LogP) is 2.81. The molecule has 1 amide bonds. The van der Waals surface area contributed by atoms with E-state index in [1.807, 2.05) is 0 Å². The Hall–Kier alpha value is -4.19. The average molecular weight is 398 g/mol. The van der Waals surface area contributed by atoms with Gasteiger partial charge >= 0.3 is 5.97 Å². The number of nitrogens with zero attached hydrogens (tertiary/aromatic N) is 1. The van der Waals surface area contributed by atoms with Gasteiger partial charge < -0.3 is 10.2 Å². The summed E-state index contributed by atoms with van der Waals surface area (Å²) in [5.74, 6) is -3.44. The standard InChI is InChI=1S/C24H17NO5/c26-21(16-10-5-2-6-11-16)19-20(15-8-3-1-4-9-15)25(23(28)22(19)27)18-13-7-12-17(14-18)24(29)30/h1-14,20,26H,(H,29,30)/p-1/t20-/m1/s1. The molecule has 1 saturated heterocycles. The molecule has 0 aliphatic carbocycles. The molecule has 4 rings (SSSR count). The Labute approximate surface area is 172 Å². The summed E-state index contributed by atoms with van der Waals surface area (Å²) >= 11 is 0. The van der Waals surface area contributed by atoms with E-state index in [9.17, 15) is 24.6 Å². The van der Waals surface area contributed by atoms with Crippen molar-refractivity contribution in [3.63, 3.8) is 0 Å². The first-order valence-electron chi connectivity index (χ1n) is 9.22. The van der Waals surface area contributed by atoms with Gasteiger partial charge in [-0.15, -0.1) is 0 Å². The maximum Gasteiger partial charge on any atom is 0.335 e. The van der Waals surface area contributed by atoms with Crippen LogP contribution in [0.25, 0.3) is 5.76 Å². The van der Waals surface area contributed by atoms with Crippen molar-refractivity contribution in [3.8, 4) is 0 Å². The van der Waals surface area contributed by atoms with Crippen molar-refractivity contribution in [1.82, 2.24) is 0 Å². The molecule has 148 valence electrons. The Morgan fingerprint density at radius 1 is 0.833 bits per heavy atom. The molecule has 3 aromatic rings. The van der Waals surface area contributed by atoms with Gasteiger partial charge in [0, 0.05) is 11.3 Å². The van der Waals surface area contributed by atoms with Crippen LogP contribution in [0.3, 0.4) is 0 Å². The number of ketones is 1. The molecule has 0 aromatic heterocycles. The van der Waals surface area contributed by atoms with Gasteiger partial charge in [0.15, 0.2) is 0 Å². The van der Waals surface area contributed by atoms with E-state index in [1.165, 1.54) is 23.1 Å². The number of carboxylic acid groups (broad SMARTS) is 1. The van der Waals surface area contributed by atoms with E-state index >= 15 is 0 Å². The molecule has 1 aliphatic heterocycles. The van der Waals surface area contributed by atoms with E-state index < -0.39 is 29.5 Å². The number of carboxylic acids is 1. The van der Waals surface area contributed by atoms with E-state index in [0.717, 1.165) is 0 Å². The molecule has 0 saturated carbocycles. The number of hydrogen-bond acceptors (Lipinski definition) is 4. The van der Waals surface area contributed by atoms with Crippen molar-refractivity contribution in [2.24, 2.45) is 0 Å². The number of hydrogen-bond donors (Lipinski definition) is 1. The van der Waals surface area contributed by atoms with Crippen LogP contribution in [-0.4, -0.2) is 22.8 Å². The largest absolute Gasteiger partial charge is 0.872 e. The average Bonchev–Trinajstić information content (AvgIpc) is 3.05. The van der Waals surface area contributed by atoms with Gasteiger partial charge in [-0.2, -0.15) is 0 Å². The normalized spacial score (nSPS) is 17.9. The first kappa shape index (κ1) is 19.1. The topological polar surface area (TPSA) is 97.7 Å². The van der Waals surface area contributed by atoms with Gasteiger partial charge in [-0.1, -0.05) is 72.5 Å². The Kier molecular flexibility index (Phi) is 4.90. The van der Waals surface area contributed by atoms with Gasteiger partial charge in [-0.3, -0.25) is 14.5 Å². The third-order valence-corrected chi connectivity index (χ3v) is 4.96. The quantitative estimate of drug-likeness (QED) is 0.414. The van der Waals surface area contributed by atoms with Crippen molar-refractivity contribution < 1.29 is 24.6 Å². The van der Waals surface area contributed by atoms with Crippen LogP contribution in [-0.2, 0) is 9.59 Å². The highest BCUT2D eigenvalue weighted by atomic mass is 16.4. The van der Waals surface area contributed by atoms with E-state index in [0.29, 0.717) is 11.1 Å². The second-order valence-electron chi connectivity index (χ2n) is 6.78. The Bertz CT molecular complexity index is 1170. The Morgan fingerprint density at radius 3 is 2.07 bits per heavy atom. The molecule has 0 bridgehead atoms. The highest BCUT2D eigenvalue weighted by molar-refractivity contribution is 6.51. The van der Waals surface area contributed by atoms with Gasteiger partial charge in [-0.25, -0.2) is 4.79 Å². The SMILES string of the molecule is O=C1C(=O)N(c2cccc(C(=O)O)c2)[C@H](c2ccccc2)C1=C([O-])c1ccccc1. The lowest BCUT2D eigenvalue weighted by Gasteiger charge is -2.27. The van der Waals surface area contributed by atoms with E-state index in [1.54, 1.807) is 66.7 Å². The summed E-state index contributed by atoms with van der Waals surface area (Å²) in [5, 5.41) is 22.5. The van der Waals surface area contributed by atoms with Gasteiger partial charge in [0.1, 0.15) is 0 Å². The molecule has 0 spiro atoms. The molecule has 1 heterocycles. The lowest BCUT2D eigenvalue weighted by atomic mass is 9.95. The van der Waals surface area contributed by atoms with E-state index in [-0.39, 0.29) is 16.8 Å². The third kappa shape index (κ3) is 3.24. The maximum absolute atomic E-state index is 13.2.